The molecule has 0 aromatic heterocycles. The fourth-order valence-electron chi connectivity index (χ4n) is 2.23. The van der Waals surface area contributed by atoms with Crippen LogP contribution in [0.2, 0.25) is 0 Å². The number of carbonyl (C=O) groups excluding carboxylic acids is 1. The summed E-state index contributed by atoms with van der Waals surface area (Å²) in [7, 11) is 1.63. The Labute approximate surface area is 146 Å². The summed E-state index contributed by atoms with van der Waals surface area (Å²) in [6.45, 7) is 5.53. The fourth-order valence-corrected chi connectivity index (χ4v) is 2.23. The van der Waals surface area contributed by atoms with Gasteiger partial charge in [0.25, 0.3) is 5.69 Å². The Morgan fingerprint density at radius 2 is 2.08 bits per heavy atom. The molecule has 0 bridgehead atoms. The molecule has 1 atom stereocenters. The molecule has 1 aromatic carbocycles. The highest BCUT2D eigenvalue weighted by molar-refractivity contribution is 6.04. The molecule has 0 amide bonds. The minimum absolute atomic E-state index is 0.0376. The molecule has 0 saturated heterocycles. The van der Waals surface area contributed by atoms with E-state index in [9.17, 15) is 14.9 Å². The molecule has 0 spiro atoms. The molecule has 4 N–H and O–H groups in total. The lowest BCUT2D eigenvalue weighted by Crippen LogP contribution is -2.24. The summed E-state index contributed by atoms with van der Waals surface area (Å²) in [5.74, 6) is -0.0831. The lowest BCUT2D eigenvalue weighted by atomic mass is 9.95. The summed E-state index contributed by atoms with van der Waals surface area (Å²) in [5.41, 5.74) is 9.63. The zero-order valence-electron chi connectivity index (χ0n) is 14.8. The number of carbonyl (C=O) groups is 1. The molecule has 9 nitrogen and oxygen atoms in total. The van der Waals surface area contributed by atoms with E-state index in [0.717, 1.165) is 6.29 Å². The van der Waals surface area contributed by atoms with Crippen LogP contribution in [0.25, 0.3) is 0 Å². The number of rotatable bonds is 8. The van der Waals surface area contributed by atoms with Crippen molar-refractivity contribution in [1.82, 2.24) is 5.43 Å². The van der Waals surface area contributed by atoms with Gasteiger partial charge >= 0.3 is 0 Å². The van der Waals surface area contributed by atoms with Gasteiger partial charge in [-0.2, -0.15) is 5.10 Å². The zero-order valence-corrected chi connectivity index (χ0v) is 14.8. The van der Waals surface area contributed by atoms with E-state index >= 15 is 0 Å². The third kappa shape index (κ3) is 5.87. The Morgan fingerprint density at radius 1 is 1.40 bits per heavy atom. The van der Waals surface area contributed by atoms with Gasteiger partial charge in [-0.15, -0.1) is 0 Å². The molecule has 1 aromatic rings. The van der Waals surface area contributed by atoms with Gasteiger partial charge in [-0.3, -0.25) is 15.1 Å². The SMILES string of the molecule is CN/N=C(/c1ccc(NC(N)=NC(C)C)c([N+](=O)[O-])c1)C(C)CC=O. The third-order valence-electron chi connectivity index (χ3n) is 3.30. The van der Waals surface area contributed by atoms with E-state index in [2.05, 4.69) is 20.8 Å². The molecule has 0 saturated carbocycles. The number of nitrogens with two attached hydrogens (primary N) is 1. The van der Waals surface area contributed by atoms with Crippen LogP contribution in [-0.2, 0) is 4.79 Å². The maximum Gasteiger partial charge on any atom is 0.293 e. The number of hydrogen-bond donors (Lipinski definition) is 3. The van der Waals surface area contributed by atoms with E-state index in [1.54, 1.807) is 19.2 Å². The number of aliphatic imine (C=N–C) groups is 1. The van der Waals surface area contributed by atoms with Crippen molar-refractivity contribution >= 4 is 29.3 Å². The van der Waals surface area contributed by atoms with Gasteiger partial charge in [-0.05, 0) is 19.9 Å². The average Bonchev–Trinajstić information content (AvgIpc) is 2.52. The van der Waals surface area contributed by atoms with Crippen molar-refractivity contribution in [2.75, 3.05) is 12.4 Å². The van der Waals surface area contributed by atoms with Crippen molar-refractivity contribution in [1.29, 1.82) is 0 Å². The van der Waals surface area contributed by atoms with Gasteiger partial charge < -0.3 is 21.3 Å². The van der Waals surface area contributed by atoms with Crippen molar-refractivity contribution < 1.29 is 9.72 Å². The average molecular weight is 348 g/mol. The molecule has 0 aliphatic carbocycles. The Balaban J connectivity index is 3.29. The maximum atomic E-state index is 11.4. The van der Waals surface area contributed by atoms with E-state index in [0.29, 0.717) is 11.3 Å². The Bertz CT molecular complexity index is 684. The van der Waals surface area contributed by atoms with E-state index in [-0.39, 0.29) is 35.7 Å². The topological polar surface area (TPSA) is 135 Å². The van der Waals surface area contributed by atoms with Crippen LogP contribution >= 0.6 is 0 Å². The molecule has 25 heavy (non-hydrogen) atoms. The summed E-state index contributed by atoms with van der Waals surface area (Å²) in [6.07, 6.45) is 1.06. The van der Waals surface area contributed by atoms with Crippen LogP contribution in [0, 0.1) is 16.0 Å². The molecule has 0 aliphatic rings. The lowest BCUT2D eigenvalue weighted by Gasteiger charge is -2.14. The highest BCUT2D eigenvalue weighted by Crippen LogP contribution is 2.27. The normalized spacial score (nSPS) is 13.5. The standard InChI is InChI=1S/C16H24N6O3/c1-10(2)19-16(17)20-13-6-5-12(9-14(13)22(24)25)15(21-18-4)11(3)7-8-23/h5-6,8-11,18H,7H2,1-4H3,(H3,17,19,20)/b21-15+. The summed E-state index contributed by atoms with van der Waals surface area (Å²) in [5, 5.41) is 18.3. The van der Waals surface area contributed by atoms with Crippen LogP contribution in [-0.4, -0.2) is 36.0 Å². The second-order valence-electron chi connectivity index (χ2n) is 5.75. The Hall–Kier alpha value is -2.97. The van der Waals surface area contributed by atoms with E-state index < -0.39 is 4.92 Å². The fraction of sp³-hybridized carbons (Fsp3) is 0.438. The van der Waals surface area contributed by atoms with Crippen molar-refractivity contribution in [3.63, 3.8) is 0 Å². The van der Waals surface area contributed by atoms with Crippen LogP contribution < -0.4 is 16.5 Å². The predicted octanol–water partition coefficient (Wildman–Crippen LogP) is 1.88. The first-order chi connectivity index (χ1) is 11.8. The van der Waals surface area contributed by atoms with Crippen LogP contribution in [0.1, 0.15) is 32.8 Å². The summed E-state index contributed by atoms with van der Waals surface area (Å²) in [4.78, 5) is 25.8. The number of aldehydes is 1. The van der Waals surface area contributed by atoms with Gasteiger partial charge in [0.15, 0.2) is 5.96 Å². The smallest absolute Gasteiger partial charge is 0.293 e. The number of hydrogen-bond acceptors (Lipinski definition) is 6. The van der Waals surface area contributed by atoms with Gasteiger partial charge in [0.05, 0.1) is 10.6 Å². The number of anilines is 1. The van der Waals surface area contributed by atoms with Gasteiger partial charge in [0, 0.05) is 37.1 Å². The summed E-state index contributed by atoms with van der Waals surface area (Å²) >= 11 is 0. The summed E-state index contributed by atoms with van der Waals surface area (Å²) in [6, 6.07) is 4.61. The number of nitro groups is 1. The Morgan fingerprint density at radius 3 is 2.60 bits per heavy atom. The molecule has 0 radical (unpaired) electrons. The van der Waals surface area contributed by atoms with Crippen molar-refractivity contribution in [2.24, 2.45) is 21.7 Å². The highest BCUT2D eigenvalue weighted by atomic mass is 16.6. The van der Waals surface area contributed by atoms with Gasteiger partial charge in [0.2, 0.25) is 0 Å². The molecular weight excluding hydrogens is 324 g/mol. The van der Waals surface area contributed by atoms with Gasteiger partial charge in [-0.25, -0.2) is 0 Å². The second-order valence-corrected chi connectivity index (χ2v) is 5.75. The number of nitro benzene ring substituents is 1. The summed E-state index contributed by atoms with van der Waals surface area (Å²) < 4.78 is 0. The van der Waals surface area contributed by atoms with E-state index in [4.69, 9.17) is 5.73 Å². The first kappa shape index (κ1) is 20.1. The van der Waals surface area contributed by atoms with Gasteiger partial charge in [-0.1, -0.05) is 13.0 Å². The van der Waals surface area contributed by atoms with E-state index in [1.165, 1.54) is 6.07 Å². The van der Waals surface area contributed by atoms with Gasteiger partial charge in [0.1, 0.15) is 12.0 Å². The first-order valence-electron chi connectivity index (χ1n) is 7.87. The van der Waals surface area contributed by atoms with Crippen LogP contribution in [0.5, 0.6) is 0 Å². The number of nitrogens with one attached hydrogen (secondary N) is 2. The largest absolute Gasteiger partial charge is 0.370 e. The van der Waals surface area contributed by atoms with Crippen molar-refractivity contribution in [3.05, 3.63) is 33.9 Å². The maximum absolute atomic E-state index is 11.4. The quantitative estimate of drug-likeness (QED) is 0.216. The minimum atomic E-state index is -0.504. The molecule has 136 valence electrons. The number of hydrazone groups is 1. The lowest BCUT2D eigenvalue weighted by molar-refractivity contribution is -0.383. The minimum Gasteiger partial charge on any atom is -0.370 e. The number of guanidine groups is 1. The second kappa shape index (κ2) is 9.36. The zero-order chi connectivity index (χ0) is 19.0. The molecule has 1 rings (SSSR count). The molecule has 0 heterocycles. The molecular formula is C16H24N6O3. The highest BCUT2D eigenvalue weighted by Gasteiger charge is 2.20. The monoisotopic (exact) mass is 348 g/mol. The van der Waals surface area contributed by atoms with E-state index in [1.807, 2.05) is 20.8 Å². The Kier molecular flexibility index (Phi) is 7.51. The predicted molar refractivity (Wildman–Crippen MR) is 98.9 cm³/mol. The van der Waals surface area contributed by atoms with Crippen molar-refractivity contribution in [3.8, 4) is 0 Å². The first-order valence-corrected chi connectivity index (χ1v) is 7.87. The van der Waals surface area contributed by atoms with Crippen molar-refractivity contribution in [2.45, 2.75) is 33.2 Å². The number of nitrogens with zero attached hydrogens (tertiary/aromatic N) is 3. The number of benzene rings is 1. The molecule has 0 aliphatic heterocycles. The van der Waals surface area contributed by atoms with Crippen LogP contribution in [0.4, 0.5) is 11.4 Å². The molecule has 9 heteroatoms. The van der Waals surface area contributed by atoms with Crippen LogP contribution in [0.3, 0.4) is 0 Å². The van der Waals surface area contributed by atoms with Crippen LogP contribution in [0.15, 0.2) is 28.3 Å². The molecule has 0 fully saturated rings. The third-order valence-corrected chi connectivity index (χ3v) is 3.30. The molecule has 1 unspecified atom stereocenters.